The van der Waals surface area contributed by atoms with E-state index in [4.69, 9.17) is 20.3 Å². The van der Waals surface area contributed by atoms with Crippen molar-refractivity contribution in [1.29, 1.82) is 0 Å². The first-order valence-corrected chi connectivity index (χ1v) is 10.5. The number of aromatic carboxylic acids is 1. The number of esters is 1. The molecule has 0 radical (unpaired) electrons. The largest absolute Gasteiger partial charge is 0.494 e. The maximum Gasteiger partial charge on any atom is 0.335 e. The van der Waals surface area contributed by atoms with Gasteiger partial charge in [0.15, 0.2) is 0 Å². The molecule has 0 atom stereocenters. The Labute approximate surface area is 185 Å². The van der Waals surface area contributed by atoms with Gasteiger partial charge >= 0.3 is 11.9 Å². The molecule has 30 heavy (non-hydrogen) atoms. The number of carbonyl (C=O) groups excluding carboxylic acids is 1. The van der Waals surface area contributed by atoms with Gasteiger partial charge < -0.3 is 20.3 Å². The lowest BCUT2D eigenvalue weighted by atomic mass is 10.1. The van der Waals surface area contributed by atoms with Gasteiger partial charge in [0.25, 0.3) is 0 Å². The molecule has 0 fully saturated rings. The average molecular weight is 478 g/mol. The number of rotatable bonds is 11. The molecule has 0 bridgehead atoms. The van der Waals surface area contributed by atoms with Crippen molar-refractivity contribution in [3.05, 3.63) is 71.2 Å². The van der Waals surface area contributed by atoms with Gasteiger partial charge in [-0.05, 0) is 61.4 Å². The molecule has 0 aliphatic rings. The fourth-order valence-electron chi connectivity index (χ4n) is 2.31. The summed E-state index contributed by atoms with van der Waals surface area (Å²) >= 11 is 3.29. The normalized spacial score (nSPS) is 9.77. The van der Waals surface area contributed by atoms with Gasteiger partial charge in [-0.2, -0.15) is 0 Å². The zero-order valence-corrected chi connectivity index (χ0v) is 18.5. The van der Waals surface area contributed by atoms with E-state index >= 15 is 0 Å². The Morgan fingerprint density at radius 2 is 1.50 bits per heavy atom. The quantitative estimate of drug-likeness (QED) is 0.192. The third kappa shape index (κ3) is 11.9. The Kier molecular flexibility index (Phi) is 12.7. The maximum atomic E-state index is 10.8. The summed E-state index contributed by atoms with van der Waals surface area (Å²) in [5.74, 6) is -0.631. The van der Waals surface area contributed by atoms with Crippen molar-refractivity contribution in [2.24, 2.45) is 0 Å². The smallest absolute Gasteiger partial charge is 0.335 e. The van der Waals surface area contributed by atoms with Crippen molar-refractivity contribution < 1.29 is 24.2 Å². The number of benzene rings is 2. The number of nitrogens with two attached hydrogens (primary N) is 1. The van der Waals surface area contributed by atoms with Crippen molar-refractivity contribution in [2.45, 2.75) is 32.1 Å². The van der Waals surface area contributed by atoms with Crippen LogP contribution in [0.1, 0.15) is 42.5 Å². The number of carboxylic acids is 1. The van der Waals surface area contributed by atoms with E-state index in [2.05, 4.69) is 22.5 Å². The third-order valence-corrected chi connectivity index (χ3v) is 4.47. The molecule has 2 aromatic rings. The minimum absolute atomic E-state index is 0.254. The van der Waals surface area contributed by atoms with Crippen LogP contribution in [-0.2, 0) is 9.53 Å². The Bertz CT molecular complexity index is 754. The second-order valence-corrected chi connectivity index (χ2v) is 7.28. The number of halogens is 1. The molecule has 2 rings (SSSR count). The summed E-state index contributed by atoms with van der Waals surface area (Å²) in [6.45, 7) is 4.38. The monoisotopic (exact) mass is 477 g/mol. The zero-order valence-electron chi connectivity index (χ0n) is 16.9. The third-order valence-electron chi connectivity index (χ3n) is 3.94. The second kappa shape index (κ2) is 15.1. The number of carbonyl (C=O) groups is 2. The van der Waals surface area contributed by atoms with Crippen LogP contribution in [0.5, 0.6) is 5.75 Å². The van der Waals surface area contributed by atoms with E-state index in [1.807, 2.05) is 24.3 Å². The minimum atomic E-state index is -0.940. The summed E-state index contributed by atoms with van der Waals surface area (Å²) in [5.41, 5.74) is 6.46. The van der Waals surface area contributed by atoms with E-state index in [9.17, 15) is 9.59 Å². The van der Waals surface area contributed by atoms with Gasteiger partial charge in [-0.1, -0.05) is 41.8 Å². The van der Waals surface area contributed by atoms with E-state index in [0.29, 0.717) is 19.0 Å². The molecule has 0 saturated heterocycles. The lowest BCUT2D eigenvalue weighted by Gasteiger charge is -2.06. The Morgan fingerprint density at radius 1 is 0.933 bits per heavy atom. The van der Waals surface area contributed by atoms with Crippen LogP contribution in [0.4, 0.5) is 5.69 Å². The van der Waals surface area contributed by atoms with Crippen LogP contribution in [0.25, 0.3) is 0 Å². The minimum Gasteiger partial charge on any atom is -0.494 e. The van der Waals surface area contributed by atoms with E-state index in [-0.39, 0.29) is 11.5 Å². The highest BCUT2D eigenvalue weighted by Crippen LogP contribution is 2.13. The topological polar surface area (TPSA) is 98.8 Å². The van der Waals surface area contributed by atoms with Crippen LogP contribution in [0.15, 0.2) is 65.7 Å². The predicted molar refractivity (Wildman–Crippen MR) is 122 cm³/mol. The van der Waals surface area contributed by atoms with Crippen molar-refractivity contribution >= 4 is 33.6 Å². The number of hydrogen-bond donors (Lipinski definition) is 2. The molecule has 7 heteroatoms. The molecule has 0 aliphatic carbocycles. The summed E-state index contributed by atoms with van der Waals surface area (Å²) in [5, 5.41) is 8.78. The van der Waals surface area contributed by atoms with Gasteiger partial charge in [-0.25, -0.2) is 9.59 Å². The zero-order chi connectivity index (χ0) is 22.2. The molecule has 3 N–H and O–H groups in total. The number of nitrogen functional groups attached to an aromatic ring is 1. The highest BCUT2D eigenvalue weighted by Gasteiger charge is 2.02. The molecule has 0 amide bonds. The summed E-state index contributed by atoms with van der Waals surface area (Å²) < 4.78 is 11.5. The fraction of sp³-hybridized carbons (Fsp3) is 0.304. The summed E-state index contributed by atoms with van der Waals surface area (Å²) in [6, 6.07) is 13.9. The number of ether oxygens (including phenoxy) is 2. The standard InChI is InChI=1S/C17H22O5.C6H6BrN/c1-2-16(18)22-13-7-5-3-4-6-12-21-15-10-8-14(9-11-15)17(19)20;7-5-1-3-6(8)4-2-5/h2,8-11H,1,3-7,12-13H2,(H,19,20);1-4H,8H2. The molecule has 162 valence electrons. The highest BCUT2D eigenvalue weighted by molar-refractivity contribution is 9.10. The van der Waals surface area contributed by atoms with Crippen LogP contribution in [0, 0.1) is 0 Å². The van der Waals surface area contributed by atoms with E-state index in [1.54, 1.807) is 12.1 Å². The molecule has 0 aromatic heterocycles. The van der Waals surface area contributed by atoms with Crippen molar-refractivity contribution in [3.63, 3.8) is 0 Å². The Hall–Kier alpha value is -2.80. The number of hydrogen-bond acceptors (Lipinski definition) is 5. The van der Waals surface area contributed by atoms with Crippen LogP contribution < -0.4 is 10.5 Å². The number of carboxylic acid groups (broad SMARTS) is 1. The van der Waals surface area contributed by atoms with Gasteiger partial charge in [-0.15, -0.1) is 0 Å². The number of anilines is 1. The first-order valence-electron chi connectivity index (χ1n) is 9.68. The lowest BCUT2D eigenvalue weighted by molar-refractivity contribution is -0.137. The molecular formula is C23H28BrNO5. The van der Waals surface area contributed by atoms with E-state index in [1.165, 1.54) is 18.2 Å². The van der Waals surface area contributed by atoms with E-state index < -0.39 is 5.97 Å². The van der Waals surface area contributed by atoms with E-state index in [0.717, 1.165) is 42.3 Å². The molecule has 0 unspecified atom stereocenters. The van der Waals surface area contributed by atoms with Crippen molar-refractivity contribution in [3.8, 4) is 5.75 Å². The molecule has 0 spiro atoms. The van der Waals surface area contributed by atoms with Crippen molar-refractivity contribution in [2.75, 3.05) is 18.9 Å². The SMILES string of the molecule is C=CC(=O)OCCCCCCCOc1ccc(C(=O)O)cc1.Nc1ccc(Br)cc1. The second-order valence-electron chi connectivity index (χ2n) is 6.37. The first-order chi connectivity index (χ1) is 14.4. The molecule has 6 nitrogen and oxygen atoms in total. The van der Waals surface area contributed by atoms with Gasteiger partial charge in [-0.3, -0.25) is 0 Å². The molecule has 0 heterocycles. The van der Waals surface area contributed by atoms with Gasteiger partial charge in [0.2, 0.25) is 0 Å². The first kappa shape index (κ1) is 25.2. The summed E-state index contributed by atoms with van der Waals surface area (Å²) in [6.07, 6.45) is 6.08. The fourth-order valence-corrected chi connectivity index (χ4v) is 2.58. The van der Waals surface area contributed by atoms with Gasteiger partial charge in [0, 0.05) is 16.2 Å². The lowest BCUT2D eigenvalue weighted by Crippen LogP contribution is -2.02. The summed E-state index contributed by atoms with van der Waals surface area (Å²) in [7, 11) is 0. The molecular weight excluding hydrogens is 450 g/mol. The number of unbranched alkanes of at least 4 members (excludes halogenated alkanes) is 4. The highest BCUT2D eigenvalue weighted by atomic mass is 79.9. The van der Waals surface area contributed by atoms with Gasteiger partial charge in [0.05, 0.1) is 18.8 Å². The predicted octanol–water partition coefficient (Wildman–Crippen LogP) is 5.47. The summed E-state index contributed by atoms with van der Waals surface area (Å²) in [4.78, 5) is 21.5. The van der Waals surface area contributed by atoms with Crippen LogP contribution >= 0.6 is 15.9 Å². The van der Waals surface area contributed by atoms with Gasteiger partial charge in [0.1, 0.15) is 5.75 Å². The van der Waals surface area contributed by atoms with Crippen molar-refractivity contribution in [1.82, 2.24) is 0 Å². The maximum absolute atomic E-state index is 10.8. The molecule has 0 saturated carbocycles. The van der Waals surface area contributed by atoms with Crippen LogP contribution in [0.3, 0.4) is 0 Å². The Morgan fingerprint density at radius 3 is 2.03 bits per heavy atom. The van der Waals surface area contributed by atoms with Crippen LogP contribution in [0.2, 0.25) is 0 Å². The molecule has 2 aromatic carbocycles. The average Bonchev–Trinajstić information content (AvgIpc) is 2.75. The Balaban J connectivity index is 0.000000467. The molecule has 0 aliphatic heterocycles. The van der Waals surface area contributed by atoms with Crippen LogP contribution in [-0.4, -0.2) is 30.3 Å².